The summed E-state index contributed by atoms with van der Waals surface area (Å²) in [5.41, 5.74) is 5.65. The molecule has 1 aliphatic carbocycles. The molecule has 19 heavy (non-hydrogen) atoms. The Morgan fingerprint density at radius 3 is 2.26 bits per heavy atom. The molecule has 1 nitrogen and oxygen atoms in total. The molecule has 0 saturated carbocycles. The van der Waals surface area contributed by atoms with Gasteiger partial charge in [0, 0.05) is 6.61 Å². The van der Waals surface area contributed by atoms with E-state index in [9.17, 15) is 0 Å². The Hall–Kier alpha value is -1.08. The Bertz CT molecular complexity index is 494. The first kappa shape index (κ1) is 14.3. The second kappa shape index (κ2) is 4.79. The normalized spacial score (nSPS) is 19.8. The first-order chi connectivity index (χ1) is 8.78. The van der Waals surface area contributed by atoms with Crippen molar-refractivity contribution in [1.29, 1.82) is 0 Å². The maximum Gasteiger partial charge on any atom is 0.0471 e. The van der Waals surface area contributed by atoms with Gasteiger partial charge in [-0.2, -0.15) is 0 Å². The number of benzene rings is 1. The molecule has 1 heteroatoms. The van der Waals surface area contributed by atoms with Gasteiger partial charge in [0.15, 0.2) is 0 Å². The van der Waals surface area contributed by atoms with Crippen molar-refractivity contribution in [2.24, 2.45) is 0 Å². The number of hydrogen-bond acceptors (Lipinski definition) is 1. The molecular formula is C18H26O. The third-order valence-corrected chi connectivity index (χ3v) is 4.67. The van der Waals surface area contributed by atoms with Crippen molar-refractivity contribution >= 4 is 5.57 Å². The van der Waals surface area contributed by atoms with Gasteiger partial charge < -0.3 is 5.11 Å². The zero-order chi connectivity index (χ0) is 14.3. The van der Waals surface area contributed by atoms with Crippen LogP contribution < -0.4 is 0 Å². The largest absolute Gasteiger partial charge is 0.396 e. The Balaban J connectivity index is 2.50. The number of aliphatic hydroxyl groups excluding tert-OH is 1. The standard InChI is InChI=1S/C18H26O/c1-13(8-11-19)14-6-7-15-16(12-14)18(4,5)10-9-17(15,2)3/h6-7,12,19H,1,8-11H2,2-5H3. The molecule has 1 N–H and O–H groups in total. The van der Waals surface area contributed by atoms with E-state index < -0.39 is 0 Å². The van der Waals surface area contributed by atoms with Gasteiger partial charge in [0.1, 0.15) is 0 Å². The molecule has 2 rings (SSSR count). The van der Waals surface area contributed by atoms with Crippen molar-refractivity contribution in [3.8, 4) is 0 Å². The molecule has 0 aliphatic heterocycles. The summed E-state index contributed by atoms with van der Waals surface area (Å²) in [5, 5.41) is 9.06. The van der Waals surface area contributed by atoms with Crippen LogP contribution >= 0.6 is 0 Å². The van der Waals surface area contributed by atoms with Gasteiger partial charge in [-0.1, -0.05) is 52.5 Å². The summed E-state index contributed by atoms with van der Waals surface area (Å²) in [6.07, 6.45) is 3.12. The molecule has 0 spiro atoms. The van der Waals surface area contributed by atoms with Crippen LogP contribution in [0.4, 0.5) is 0 Å². The maximum absolute atomic E-state index is 9.06. The van der Waals surface area contributed by atoms with Crippen LogP contribution in [0.3, 0.4) is 0 Å². The van der Waals surface area contributed by atoms with Crippen molar-refractivity contribution in [3.05, 3.63) is 41.5 Å². The molecule has 1 aliphatic rings. The van der Waals surface area contributed by atoms with Gasteiger partial charge in [-0.05, 0) is 52.4 Å². The minimum atomic E-state index is 0.171. The SMILES string of the molecule is C=C(CCO)c1ccc2c(c1)C(C)(C)CCC2(C)C. The van der Waals surface area contributed by atoms with E-state index in [0.717, 1.165) is 5.57 Å². The lowest BCUT2D eigenvalue weighted by atomic mass is 9.63. The average molecular weight is 258 g/mol. The van der Waals surface area contributed by atoms with Gasteiger partial charge >= 0.3 is 0 Å². The van der Waals surface area contributed by atoms with Crippen LogP contribution in [0.1, 0.15) is 63.6 Å². The van der Waals surface area contributed by atoms with E-state index in [2.05, 4.69) is 52.5 Å². The molecule has 0 unspecified atom stereocenters. The lowest BCUT2D eigenvalue weighted by molar-refractivity contribution is 0.305. The fraction of sp³-hybridized carbons (Fsp3) is 0.556. The zero-order valence-corrected chi connectivity index (χ0v) is 12.7. The van der Waals surface area contributed by atoms with Gasteiger partial charge in [0.2, 0.25) is 0 Å². The number of fused-ring (bicyclic) bond motifs is 1. The van der Waals surface area contributed by atoms with Gasteiger partial charge in [0.25, 0.3) is 0 Å². The summed E-state index contributed by atoms with van der Waals surface area (Å²) >= 11 is 0. The molecule has 0 aromatic heterocycles. The smallest absolute Gasteiger partial charge is 0.0471 e. The predicted molar refractivity (Wildman–Crippen MR) is 82.5 cm³/mol. The highest BCUT2D eigenvalue weighted by Crippen LogP contribution is 2.46. The number of rotatable bonds is 3. The summed E-state index contributed by atoms with van der Waals surface area (Å²) in [6, 6.07) is 6.74. The molecule has 0 atom stereocenters. The second-order valence-electron chi connectivity index (χ2n) is 7.11. The van der Waals surface area contributed by atoms with Crippen LogP contribution in [0.15, 0.2) is 24.8 Å². The monoisotopic (exact) mass is 258 g/mol. The van der Waals surface area contributed by atoms with E-state index in [0.29, 0.717) is 6.42 Å². The highest BCUT2D eigenvalue weighted by Gasteiger charge is 2.36. The highest BCUT2D eigenvalue weighted by molar-refractivity contribution is 5.65. The van der Waals surface area contributed by atoms with Crippen molar-refractivity contribution < 1.29 is 5.11 Å². The summed E-state index contributed by atoms with van der Waals surface area (Å²) in [7, 11) is 0. The Morgan fingerprint density at radius 2 is 1.68 bits per heavy atom. The Kier molecular flexibility index (Phi) is 3.61. The van der Waals surface area contributed by atoms with E-state index >= 15 is 0 Å². The minimum Gasteiger partial charge on any atom is -0.396 e. The number of aliphatic hydroxyl groups is 1. The van der Waals surface area contributed by atoms with Gasteiger partial charge in [-0.25, -0.2) is 0 Å². The van der Waals surface area contributed by atoms with Crippen LogP contribution in [0.5, 0.6) is 0 Å². The maximum atomic E-state index is 9.06. The molecule has 0 heterocycles. The molecular weight excluding hydrogens is 232 g/mol. The quantitative estimate of drug-likeness (QED) is 0.850. The molecule has 0 saturated heterocycles. The molecule has 0 fully saturated rings. The Morgan fingerprint density at radius 1 is 1.11 bits per heavy atom. The fourth-order valence-electron chi connectivity index (χ4n) is 3.09. The fourth-order valence-corrected chi connectivity index (χ4v) is 3.09. The second-order valence-corrected chi connectivity index (χ2v) is 7.11. The first-order valence-electron chi connectivity index (χ1n) is 7.22. The van der Waals surface area contributed by atoms with E-state index in [-0.39, 0.29) is 17.4 Å². The Labute approximate surface area is 117 Å². The summed E-state index contributed by atoms with van der Waals surface area (Å²) < 4.78 is 0. The molecule has 0 radical (unpaired) electrons. The van der Waals surface area contributed by atoms with Crippen molar-refractivity contribution in [2.75, 3.05) is 6.61 Å². The third-order valence-electron chi connectivity index (χ3n) is 4.67. The highest BCUT2D eigenvalue weighted by atomic mass is 16.2. The summed E-state index contributed by atoms with van der Waals surface area (Å²) in [6.45, 7) is 13.6. The topological polar surface area (TPSA) is 20.2 Å². The molecule has 1 aromatic rings. The van der Waals surface area contributed by atoms with Crippen LogP contribution in [-0.4, -0.2) is 11.7 Å². The molecule has 104 valence electrons. The minimum absolute atomic E-state index is 0.171. The predicted octanol–water partition coefficient (Wildman–Crippen LogP) is 4.43. The van der Waals surface area contributed by atoms with Crippen molar-refractivity contribution in [3.63, 3.8) is 0 Å². The number of hydrogen-bond donors (Lipinski definition) is 1. The average Bonchev–Trinajstić information content (AvgIpc) is 2.35. The van der Waals surface area contributed by atoms with Crippen molar-refractivity contribution in [1.82, 2.24) is 0 Å². The van der Waals surface area contributed by atoms with Gasteiger partial charge in [-0.3, -0.25) is 0 Å². The zero-order valence-electron chi connectivity index (χ0n) is 12.7. The molecule has 1 aromatic carbocycles. The van der Waals surface area contributed by atoms with E-state index in [1.807, 2.05) is 0 Å². The summed E-state index contributed by atoms with van der Waals surface area (Å²) in [4.78, 5) is 0. The van der Waals surface area contributed by atoms with E-state index in [1.54, 1.807) is 0 Å². The van der Waals surface area contributed by atoms with Crippen LogP contribution in [-0.2, 0) is 10.8 Å². The molecule has 0 bridgehead atoms. The first-order valence-corrected chi connectivity index (χ1v) is 7.22. The third kappa shape index (κ3) is 2.62. The lowest BCUT2D eigenvalue weighted by Crippen LogP contribution is -2.33. The van der Waals surface area contributed by atoms with E-state index in [1.165, 1.54) is 29.5 Å². The van der Waals surface area contributed by atoms with Gasteiger partial charge in [-0.15, -0.1) is 0 Å². The van der Waals surface area contributed by atoms with E-state index in [4.69, 9.17) is 5.11 Å². The van der Waals surface area contributed by atoms with Crippen molar-refractivity contribution in [2.45, 2.75) is 57.8 Å². The van der Waals surface area contributed by atoms with Crippen LogP contribution in [0, 0.1) is 0 Å². The van der Waals surface area contributed by atoms with Crippen LogP contribution in [0.2, 0.25) is 0 Å². The molecule has 0 amide bonds. The lowest BCUT2D eigenvalue weighted by Gasteiger charge is -2.42. The van der Waals surface area contributed by atoms with Crippen LogP contribution in [0.25, 0.3) is 5.57 Å². The van der Waals surface area contributed by atoms with Gasteiger partial charge in [0.05, 0.1) is 0 Å². The summed E-state index contributed by atoms with van der Waals surface area (Å²) in [5.74, 6) is 0.